The summed E-state index contributed by atoms with van der Waals surface area (Å²) in [5.41, 5.74) is 2.09. The Bertz CT molecular complexity index is 891. The summed E-state index contributed by atoms with van der Waals surface area (Å²) in [6, 6.07) is 8.24. The number of carbonyl (C=O) groups excluding carboxylic acids is 1. The smallest absolute Gasteiger partial charge is 0.318 e. The number of hydrogen-bond acceptors (Lipinski definition) is 5. The molecule has 1 atom stereocenters. The van der Waals surface area contributed by atoms with E-state index in [1.54, 1.807) is 6.26 Å². The van der Waals surface area contributed by atoms with Crippen LogP contribution in [0.4, 0.5) is 4.79 Å². The topological polar surface area (TPSA) is 70.8 Å². The number of nitrogens with one attached hydrogen (secondary N) is 1. The fraction of sp³-hybridized carbons (Fsp3) is 0.600. The van der Waals surface area contributed by atoms with Crippen molar-refractivity contribution in [1.82, 2.24) is 20.1 Å². The molecule has 2 aromatic rings. The fourth-order valence-corrected chi connectivity index (χ4v) is 4.64. The maximum Gasteiger partial charge on any atom is 0.318 e. The predicted molar refractivity (Wildman–Crippen MR) is 123 cm³/mol. The van der Waals surface area contributed by atoms with Gasteiger partial charge in [0.05, 0.1) is 18.8 Å². The van der Waals surface area contributed by atoms with E-state index in [2.05, 4.69) is 29.2 Å². The van der Waals surface area contributed by atoms with E-state index in [9.17, 15) is 4.79 Å². The lowest BCUT2D eigenvalue weighted by Gasteiger charge is -2.38. The zero-order valence-electron chi connectivity index (χ0n) is 19.6. The SMILES string of the molecule is CCCCOc1ccc(CN(Cc2coc(C)n2)C(=O)N[C@H]2CCN(C)CC23CC3)cc1. The van der Waals surface area contributed by atoms with Gasteiger partial charge in [0.2, 0.25) is 0 Å². The first kappa shape index (κ1) is 22.6. The number of carbonyl (C=O) groups is 1. The number of unbranched alkanes of at least 4 members (excludes halogenated alkanes) is 1. The molecule has 1 aromatic carbocycles. The number of urea groups is 1. The van der Waals surface area contributed by atoms with Crippen LogP contribution >= 0.6 is 0 Å². The second-order valence-corrected chi connectivity index (χ2v) is 9.45. The van der Waals surface area contributed by atoms with E-state index >= 15 is 0 Å². The number of nitrogens with zero attached hydrogens (tertiary/aromatic N) is 3. The minimum absolute atomic E-state index is 0.0326. The first-order valence-corrected chi connectivity index (χ1v) is 11.8. The summed E-state index contributed by atoms with van der Waals surface area (Å²) in [4.78, 5) is 22.0. The molecule has 1 aliphatic heterocycles. The molecule has 0 unspecified atom stereocenters. The molecule has 4 rings (SSSR count). The van der Waals surface area contributed by atoms with E-state index in [1.807, 2.05) is 36.1 Å². The van der Waals surface area contributed by atoms with Gasteiger partial charge in [-0.1, -0.05) is 25.5 Å². The minimum atomic E-state index is -0.0326. The number of amides is 2. The van der Waals surface area contributed by atoms with Crippen molar-refractivity contribution >= 4 is 6.03 Å². The van der Waals surface area contributed by atoms with Crippen molar-refractivity contribution in [1.29, 1.82) is 0 Å². The number of piperidine rings is 1. The Kier molecular flexibility index (Phi) is 7.04. The maximum absolute atomic E-state index is 13.4. The highest BCUT2D eigenvalue weighted by Gasteiger charge is 2.52. The largest absolute Gasteiger partial charge is 0.494 e. The molecule has 32 heavy (non-hydrogen) atoms. The molecule has 174 valence electrons. The lowest BCUT2D eigenvalue weighted by molar-refractivity contribution is 0.135. The third-order valence-electron chi connectivity index (χ3n) is 6.68. The van der Waals surface area contributed by atoms with Crippen LogP contribution in [-0.2, 0) is 13.1 Å². The van der Waals surface area contributed by atoms with Crippen molar-refractivity contribution in [2.24, 2.45) is 5.41 Å². The van der Waals surface area contributed by atoms with Crippen LogP contribution < -0.4 is 10.1 Å². The summed E-state index contributed by atoms with van der Waals surface area (Å²) < 4.78 is 11.1. The van der Waals surface area contributed by atoms with E-state index in [4.69, 9.17) is 9.15 Å². The number of aromatic nitrogens is 1. The van der Waals surface area contributed by atoms with E-state index < -0.39 is 0 Å². The molecule has 2 fully saturated rings. The van der Waals surface area contributed by atoms with Crippen molar-refractivity contribution in [3.05, 3.63) is 47.7 Å². The third-order valence-corrected chi connectivity index (χ3v) is 6.68. The molecule has 1 N–H and O–H groups in total. The van der Waals surface area contributed by atoms with E-state index in [1.165, 1.54) is 12.8 Å². The van der Waals surface area contributed by atoms with Crippen molar-refractivity contribution in [2.75, 3.05) is 26.7 Å². The number of rotatable bonds is 9. The molecule has 1 saturated heterocycles. The van der Waals surface area contributed by atoms with Crippen LogP contribution in [0.3, 0.4) is 0 Å². The molecule has 1 spiro atoms. The Balaban J connectivity index is 1.43. The molecule has 1 aromatic heterocycles. The van der Waals surface area contributed by atoms with Gasteiger partial charge in [-0.15, -0.1) is 0 Å². The van der Waals surface area contributed by atoms with Crippen LogP contribution in [-0.4, -0.2) is 53.6 Å². The third kappa shape index (κ3) is 5.63. The van der Waals surface area contributed by atoms with Crippen LogP contribution in [0.1, 0.15) is 56.2 Å². The normalized spacial score (nSPS) is 19.7. The van der Waals surface area contributed by atoms with Gasteiger partial charge >= 0.3 is 6.03 Å². The summed E-state index contributed by atoms with van der Waals surface area (Å²) in [6.07, 6.45) is 7.20. The Hall–Kier alpha value is -2.54. The first-order chi connectivity index (χ1) is 15.5. The van der Waals surface area contributed by atoms with Gasteiger partial charge in [-0.3, -0.25) is 0 Å². The highest BCUT2D eigenvalue weighted by atomic mass is 16.5. The molecular weight excluding hydrogens is 404 g/mol. The number of benzene rings is 1. The highest BCUT2D eigenvalue weighted by molar-refractivity contribution is 5.74. The van der Waals surface area contributed by atoms with Crippen molar-refractivity contribution in [3.8, 4) is 5.75 Å². The Labute approximate surface area is 191 Å². The van der Waals surface area contributed by atoms with Gasteiger partial charge in [0.15, 0.2) is 5.89 Å². The summed E-state index contributed by atoms with van der Waals surface area (Å²) in [7, 11) is 2.17. The molecule has 2 aliphatic rings. The number of likely N-dealkylation sites (tertiary alicyclic amines) is 1. The summed E-state index contributed by atoms with van der Waals surface area (Å²) in [5.74, 6) is 1.48. The molecule has 0 bridgehead atoms. The van der Waals surface area contributed by atoms with Gasteiger partial charge in [-0.2, -0.15) is 0 Å². The van der Waals surface area contributed by atoms with E-state index in [0.717, 1.165) is 56.0 Å². The van der Waals surface area contributed by atoms with Gasteiger partial charge < -0.3 is 24.3 Å². The molecule has 2 amide bonds. The predicted octanol–water partition coefficient (Wildman–Crippen LogP) is 4.36. The molecular formula is C25H36N4O3. The zero-order chi connectivity index (χ0) is 22.6. The lowest BCUT2D eigenvalue weighted by atomic mass is 9.89. The van der Waals surface area contributed by atoms with Gasteiger partial charge in [-0.05, 0) is 57.0 Å². The highest BCUT2D eigenvalue weighted by Crippen LogP contribution is 2.51. The van der Waals surface area contributed by atoms with E-state index in [-0.39, 0.29) is 17.5 Å². The van der Waals surface area contributed by atoms with Crippen LogP contribution in [0.15, 0.2) is 34.9 Å². The van der Waals surface area contributed by atoms with Crippen molar-refractivity contribution in [3.63, 3.8) is 0 Å². The Morgan fingerprint density at radius 3 is 2.75 bits per heavy atom. The van der Waals surface area contributed by atoms with Crippen molar-refractivity contribution < 1.29 is 13.9 Å². The van der Waals surface area contributed by atoms with Gasteiger partial charge in [0, 0.05) is 31.5 Å². The standard InChI is InChI=1S/C25H36N4O3/c1-4-5-14-31-22-8-6-20(7-9-22)15-29(16-21-17-32-19(2)26-21)24(30)27-23-10-13-28(3)18-25(23)11-12-25/h6-9,17,23H,4-5,10-16,18H2,1-3H3,(H,27,30)/t23-/m0/s1. The molecule has 7 heteroatoms. The van der Waals surface area contributed by atoms with E-state index in [0.29, 0.717) is 19.0 Å². The average molecular weight is 441 g/mol. The zero-order valence-corrected chi connectivity index (χ0v) is 19.6. The quantitative estimate of drug-likeness (QED) is 0.587. The van der Waals surface area contributed by atoms with Gasteiger partial charge in [-0.25, -0.2) is 9.78 Å². The lowest BCUT2D eigenvalue weighted by Crippen LogP contribution is -2.54. The van der Waals surface area contributed by atoms with Crippen LogP contribution in [0.5, 0.6) is 5.75 Å². The number of oxazole rings is 1. The van der Waals surface area contributed by atoms with Crippen LogP contribution in [0, 0.1) is 12.3 Å². The van der Waals surface area contributed by atoms with Crippen LogP contribution in [0.2, 0.25) is 0 Å². The number of aryl methyl sites for hydroxylation is 1. The Morgan fingerprint density at radius 2 is 2.09 bits per heavy atom. The molecule has 1 saturated carbocycles. The maximum atomic E-state index is 13.4. The van der Waals surface area contributed by atoms with Crippen LogP contribution in [0.25, 0.3) is 0 Å². The molecule has 1 aliphatic carbocycles. The van der Waals surface area contributed by atoms with Gasteiger partial charge in [0.25, 0.3) is 0 Å². The van der Waals surface area contributed by atoms with Gasteiger partial charge in [0.1, 0.15) is 12.0 Å². The monoisotopic (exact) mass is 440 g/mol. The summed E-state index contributed by atoms with van der Waals surface area (Å²) in [6.45, 7) is 7.71. The second-order valence-electron chi connectivity index (χ2n) is 9.45. The van der Waals surface area contributed by atoms with Crippen molar-refractivity contribution in [2.45, 2.75) is 65.1 Å². The molecule has 2 heterocycles. The average Bonchev–Trinajstić information content (AvgIpc) is 3.42. The molecule has 0 radical (unpaired) electrons. The number of ether oxygens (including phenoxy) is 1. The minimum Gasteiger partial charge on any atom is -0.494 e. The fourth-order valence-electron chi connectivity index (χ4n) is 4.64. The first-order valence-electron chi connectivity index (χ1n) is 11.8. The summed E-state index contributed by atoms with van der Waals surface area (Å²) >= 11 is 0. The number of hydrogen-bond donors (Lipinski definition) is 1. The second kappa shape index (κ2) is 9.94. The summed E-state index contributed by atoms with van der Waals surface area (Å²) in [5, 5.41) is 3.36. The Morgan fingerprint density at radius 1 is 1.31 bits per heavy atom. The molecule has 7 nitrogen and oxygen atoms in total.